The molecule has 20 heavy (non-hydrogen) atoms. The van der Waals surface area contributed by atoms with E-state index < -0.39 is 0 Å². The number of alkyl halides is 1. The average Bonchev–Trinajstić information content (AvgIpc) is 2.80. The molecule has 110 valence electrons. The first-order chi connectivity index (χ1) is 9.61. The van der Waals surface area contributed by atoms with Gasteiger partial charge in [-0.15, -0.1) is 0 Å². The van der Waals surface area contributed by atoms with Gasteiger partial charge in [-0.25, -0.2) is 0 Å². The van der Waals surface area contributed by atoms with E-state index in [4.69, 9.17) is 21.1 Å². The summed E-state index contributed by atoms with van der Waals surface area (Å²) in [5.74, 6) is -0.198. The fourth-order valence-electron chi connectivity index (χ4n) is 2.39. The van der Waals surface area contributed by atoms with E-state index in [-0.39, 0.29) is 22.8 Å². The molecule has 3 unspecified atom stereocenters. The second-order valence-electron chi connectivity index (χ2n) is 4.88. The van der Waals surface area contributed by atoms with Gasteiger partial charge in [-0.2, -0.15) is 0 Å². The Labute approximate surface area is 132 Å². The highest BCUT2D eigenvalue weighted by Crippen LogP contribution is 2.35. The number of carbonyl (C=O) groups excluding carboxylic acids is 1. The van der Waals surface area contributed by atoms with Crippen molar-refractivity contribution in [1.29, 1.82) is 0 Å². The van der Waals surface area contributed by atoms with Crippen LogP contribution in [-0.4, -0.2) is 23.5 Å². The first kappa shape index (κ1) is 15.8. The zero-order valence-electron chi connectivity index (χ0n) is 11.4. The molecule has 1 aliphatic rings. The summed E-state index contributed by atoms with van der Waals surface area (Å²) in [6.07, 6.45) is 1.46. The average molecular weight is 362 g/mol. The smallest absolute Gasteiger partial charge is 0.309 e. The molecule has 2 rings (SSSR count). The van der Waals surface area contributed by atoms with Crippen molar-refractivity contribution < 1.29 is 14.3 Å². The van der Waals surface area contributed by atoms with Crippen LogP contribution in [0.15, 0.2) is 24.3 Å². The standard InChI is InChI=1S/C15H18BrClO3/c1-2-19-15(18)11-7-12(16)14(8-11)20-9-10-5-3-4-6-13(10)17/h3-6,11-12,14H,2,7-9H2,1H3. The minimum Gasteiger partial charge on any atom is -0.466 e. The lowest BCUT2D eigenvalue weighted by Crippen LogP contribution is -2.18. The van der Waals surface area contributed by atoms with E-state index >= 15 is 0 Å². The summed E-state index contributed by atoms with van der Waals surface area (Å²) in [7, 11) is 0. The summed E-state index contributed by atoms with van der Waals surface area (Å²) in [5, 5.41) is 0.707. The van der Waals surface area contributed by atoms with Crippen molar-refractivity contribution in [3.8, 4) is 0 Å². The Hall–Kier alpha value is -0.580. The van der Waals surface area contributed by atoms with Gasteiger partial charge in [0.15, 0.2) is 0 Å². The van der Waals surface area contributed by atoms with Gasteiger partial charge in [-0.1, -0.05) is 45.7 Å². The highest BCUT2D eigenvalue weighted by Gasteiger charge is 2.38. The van der Waals surface area contributed by atoms with Crippen LogP contribution in [0.4, 0.5) is 0 Å². The van der Waals surface area contributed by atoms with Crippen LogP contribution in [0.25, 0.3) is 0 Å². The Kier molecular flexibility index (Phi) is 5.87. The second kappa shape index (κ2) is 7.43. The van der Waals surface area contributed by atoms with Crippen LogP contribution in [0.2, 0.25) is 5.02 Å². The van der Waals surface area contributed by atoms with Crippen molar-refractivity contribution in [3.05, 3.63) is 34.9 Å². The number of ether oxygens (including phenoxy) is 2. The molecular formula is C15H18BrClO3. The van der Waals surface area contributed by atoms with Gasteiger partial charge < -0.3 is 9.47 Å². The van der Waals surface area contributed by atoms with Crippen molar-refractivity contribution in [3.63, 3.8) is 0 Å². The first-order valence-corrected chi connectivity index (χ1v) is 8.07. The third kappa shape index (κ3) is 3.96. The van der Waals surface area contributed by atoms with Gasteiger partial charge in [0.1, 0.15) is 0 Å². The topological polar surface area (TPSA) is 35.5 Å². The number of carbonyl (C=O) groups is 1. The second-order valence-corrected chi connectivity index (χ2v) is 6.46. The monoisotopic (exact) mass is 360 g/mol. The Morgan fingerprint density at radius 1 is 1.40 bits per heavy atom. The number of hydrogen-bond donors (Lipinski definition) is 0. The molecule has 0 aliphatic heterocycles. The highest BCUT2D eigenvalue weighted by atomic mass is 79.9. The molecule has 0 spiro atoms. The first-order valence-electron chi connectivity index (χ1n) is 6.77. The molecular weight excluding hydrogens is 344 g/mol. The maximum absolute atomic E-state index is 11.7. The fraction of sp³-hybridized carbons (Fsp3) is 0.533. The maximum Gasteiger partial charge on any atom is 0.309 e. The molecule has 1 fully saturated rings. The van der Waals surface area contributed by atoms with Crippen molar-refractivity contribution in [2.45, 2.75) is 37.3 Å². The van der Waals surface area contributed by atoms with Crippen LogP contribution in [0.1, 0.15) is 25.3 Å². The quantitative estimate of drug-likeness (QED) is 0.588. The number of benzene rings is 1. The van der Waals surface area contributed by atoms with Gasteiger partial charge in [0.2, 0.25) is 0 Å². The Bertz CT molecular complexity index is 466. The number of halogens is 2. The number of hydrogen-bond acceptors (Lipinski definition) is 3. The van der Waals surface area contributed by atoms with Crippen molar-refractivity contribution >= 4 is 33.5 Å². The van der Waals surface area contributed by atoms with Crippen molar-refractivity contribution in [2.24, 2.45) is 5.92 Å². The van der Waals surface area contributed by atoms with E-state index in [0.717, 1.165) is 12.0 Å². The predicted molar refractivity (Wildman–Crippen MR) is 82.1 cm³/mol. The molecule has 0 radical (unpaired) electrons. The summed E-state index contributed by atoms with van der Waals surface area (Å²) >= 11 is 9.69. The van der Waals surface area contributed by atoms with E-state index in [2.05, 4.69) is 15.9 Å². The molecule has 0 amide bonds. The van der Waals surface area contributed by atoms with Gasteiger partial charge >= 0.3 is 5.97 Å². The van der Waals surface area contributed by atoms with Crippen LogP contribution in [0.3, 0.4) is 0 Å². The minimum atomic E-state index is -0.124. The van der Waals surface area contributed by atoms with Crippen LogP contribution in [0.5, 0.6) is 0 Å². The normalized spacial score (nSPS) is 25.6. The van der Waals surface area contributed by atoms with E-state index in [9.17, 15) is 4.79 Å². The highest BCUT2D eigenvalue weighted by molar-refractivity contribution is 9.09. The van der Waals surface area contributed by atoms with Crippen molar-refractivity contribution in [2.75, 3.05) is 6.61 Å². The van der Waals surface area contributed by atoms with E-state index in [0.29, 0.717) is 24.7 Å². The van der Waals surface area contributed by atoms with Gasteiger partial charge in [-0.05, 0) is 31.4 Å². The van der Waals surface area contributed by atoms with E-state index in [1.807, 2.05) is 31.2 Å². The van der Waals surface area contributed by atoms with Gasteiger partial charge in [0.05, 0.1) is 25.2 Å². The van der Waals surface area contributed by atoms with Gasteiger partial charge in [0, 0.05) is 9.85 Å². The van der Waals surface area contributed by atoms with Gasteiger partial charge in [-0.3, -0.25) is 4.79 Å². The molecule has 1 aliphatic carbocycles. The molecule has 1 saturated carbocycles. The summed E-state index contributed by atoms with van der Waals surface area (Å²) in [6.45, 7) is 2.71. The molecule has 0 saturated heterocycles. The van der Waals surface area contributed by atoms with Crippen LogP contribution < -0.4 is 0 Å². The lowest BCUT2D eigenvalue weighted by molar-refractivity contribution is -0.148. The molecule has 5 heteroatoms. The minimum absolute atomic E-state index is 0.0145. The SMILES string of the molecule is CCOC(=O)C1CC(Br)C(OCc2ccccc2Cl)C1. The lowest BCUT2D eigenvalue weighted by Gasteiger charge is -2.15. The third-order valence-corrected chi connectivity index (χ3v) is 4.79. The lowest BCUT2D eigenvalue weighted by atomic mass is 10.1. The molecule has 1 aromatic rings. The molecule has 3 nitrogen and oxygen atoms in total. The summed E-state index contributed by atoms with van der Waals surface area (Å²) in [4.78, 5) is 11.9. The van der Waals surface area contributed by atoms with Gasteiger partial charge in [0.25, 0.3) is 0 Å². The van der Waals surface area contributed by atoms with Crippen LogP contribution in [0, 0.1) is 5.92 Å². The molecule has 0 aromatic heterocycles. The van der Waals surface area contributed by atoms with E-state index in [1.165, 1.54) is 0 Å². The summed E-state index contributed by atoms with van der Waals surface area (Å²) in [6, 6.07) is 7.63. The number of rotatable bonds is 5. The Morgan fingerprint density at radius 3 is 2.85 bits per heavy atom. The zero-order valence-corrected chi connectivity index (χ0v) is 13.7. The fourth-order valence-corrected chi connectivity index (χ4v) is 3.40. The third-order valence-electron chi connectivity index (χ3n) is 3.46. The summed E-state index contributed by atoms with van der Waals surface area (Å²) in [5.41, 5.74) is 0.966. The number of esters is 1. The Balaban J connectivity index is 1.88. The zero-order chi connectivity index (χ0) is 14.5. The maximum atomic E-state index is 11.7. The van der Waals surface area contributed by atoms with Crippen LogP contribution in [-0.2, 0) is 20.9 Å². The molecule has 0 N–H and O–H groups in total. The predicted octanol–water partition coefficient (Wildman–Crippen LogP) is 3.96. The molecule has 1 aromatic carbocycles. The molecule has 0 bridgehead atoms. The van der Waals surface area contributed by atoms with Crippen LogP contribution >= 0.6 is 27.5 Å². The van der Waals surface area contributed by atoms with E-state index in [1.54, 1.807) is 0 Å². The Morgan fingerprint density at radius 2 is 2.15 bits per heavy atom. The largest absolute Gasteiger partial charge is 0.466 e. The molecule has 0 heterocycles. The van der Waals surface area contributed by atoms with Crippen molar-refractivity contribution in [1.82, 2.24) is 0 Å². The summed E-state index contributed by atoms with van der Waals surface area (Å²) < 4.78 is 11.0. The molecule has 3 atom stereocenters.